The highest BCUT2D eigenvalue weighted by Crippen LogP contribution is 2.30. The Morgan fingerprint density at radius 2 is 1.60 bits per heavy atom. The van der Waals surface area contributed by atoms with Gasteiger partial charge < -0.3 is 15.1 Å². The highest BCUT2D eigenvalue weighted by molar-refractivity contribution is 6.08. The summed E-state index contributed by atoms with van der Waals surface area (Å²) in [6, 6.07) is 8.86. The maximum atomic E-state index is 14.2. The van der Waals surface area contributed by atoms with E-state index in [1.54, 1.807) is 12.1 Å². The molecule has 158 valence electrons. The van der Waals surface area contributed by atoms with E-state index >= 15 is 0 Å². The molecule has 2 aromatic rings. The van der Waals surface area contributed by atoms with E-state index in [2.05, 4.69) is 15.1 Å². The van der Waals surface area contributed by atoms with Gasteiger partial charge in [-0.15, -0.1) is 0 Å². The van der Waals surface area contributed by atoms with Crippen LogP contribution in [0.2, 0.25) is 0 Å². The molecule has 2 saturated heterocycles. The Bertz CT molecular complexity index is 953. The molecule has 2 aliphatic heterocycles. The van der Waals surface area contributed by atoms with Crippen molar-refractivity contribution in [1.82, 2.24) is 0 Å². The van der Waals surface area contributed by atoms with Crippen molar-refractivity contribution in [3.63, 3.8) is 0 Å². The highest BCUT2D eigenvalue weighted by Gasteiger charge is 2.22. The van der Waals surface area contributed by atoms with Gasteiger partial charge in [-0.3, -0.25) is 14.9 Å². The SMILES string of the molecule is O=C(Nc1cc(F)cc(N2CCCC2)c1)c1cc([N+](=O)[O-])ccc1N1CCCCC1. The van der Waals surface area contributed by atoms with Crippen molar-refractivity contribution >= 4 is 28.7 Å². The molecule has 0 spiro atoms. The summed E-state index contributed by atoms with van der Waals surface area (Å²) < 4.78 is 14.2. The predicted molar refractivity (Wildman–Crippen MR) is 115 cm³/mol. The number of carbonyl (C=O) groups is 1. The summed E-state index contributed by atoms with van der Waals surface area (Å²) in [7, 11) is 0. The number of rotatable bonds is 5. The summed E-state index contributed by atoms with van der Waals surface area (Å²) in [5.74, 6) is -0.901. The smallest absolute Gasteiger partial charge is 0.270 e. The van der Waals surface area contributed by atoms with E-state index in [-0.39, 0.29) is 11.3 Å². The van der Waals surface area contributed by atoms with E-state index < -0.39 is 16.6 Å². The third-order valence-electron chi connectivity index (χ3n) is 5.74. The van der Waals surface area contributed by atoms with Gasteiger partial charge in [-0.2, -0.15) is 0 Å². The van der Waals surface area contributed by atoms with Gasteiger partial charge in [0.1, 0.15) is 5.82 Å². The molecule has 0 aliphatic carbocycles. The largest absolute Gasteiger partial charge is 0.371 e. The number of hydrogen-bond acceptors (Lipinski definition) is 5. The second-order valence-corrected chi connectivity index (χ2v) is 7.85. The van der Waals surface area contributed by atoms with Crippen LogP contribution in [0, 0.1) is 15.9 Å². The molecule has 4 rings (SSSR count). The molecule has 0 atom stereocenters. The summed E-state index contributed by atoms with van der Waals surface area (Å²) in [4.78, 5) is 28.0. The van der Waals surface area contributed by atoms with Crippen molar-refractivity contribution in [3.05, 3.63) is 57.9 Å². The van der Waals surface area contributed by atoms with E-state index in [0.717, 1.165) is 64.0 Å². The number of amides is 1. The maximum absolute atomic E-state index is 14.2. The molecule has 8 heteroatoms. The van der Waals surface area contributed by atoms with Crippen molar-refractivity contribution in [3.8, 4) is 0 Å². The minimum atomic E-state index is -0.509. The zero-order valence-corrected chi connectivity index (χ0v) is 16.8. The fourth-order valence-electron chi connectivity index (χ4n) is 4.23. The average molecular weight is 412 g/mol. The van der Waals surface area contributed by atoms with Crippen LogP contribution in [0.1, 0.15) is 42.5 Å². The topological polar surface area (TPSA) is 78.7 Å². The normalized spacial score (nSPS) is 16.6. The first-order valence-electron chi connectivity index (χ1n) is 10.4. The molecule has 2 aromatic carbocycles. The lowest BCUT2D eigenvalue weighted by Crippen LogP contribution is -2.31. The minimum absolute atomic E-state index is 0.141. The van der Waals surface area contributed by atoms with Crippen molar-refractivity contribution in [2.75, 3.05) is 41.3 Å². The Hall–Kier alpha value is -3.16. The second-order valence-electron chi connectivity index (χ2n) is 7.85. The second kappa shape index (κ2) is 8.69. The van der Waals surface area contributed by atoms with Crippen LogP contribution in [0.15, 0.2) is 36.4 Å². The van der Waals surface area contributed by atoms with E-state index in [4.69, 9.17) is 0 Å². The van der Waals surface area contributed by atoms with Gasteiger partial charge in [-0.05, 0) is 56.4 Å². The van der Waals surface area contributed by atoms with Crippen LogP contribution >= 0.6 is 0 Å². The standard InChI is InChI=1S/C22H25FN4O3/c23-16-12-17(14-19(13-16)25-8-4-5-9-25)24-22(28)20-15-18(27(29)30)6-7-21(20)26-10-2-1-3-11-26/h6-7,12-15H,1-5,8-11H2,(H,24,28). The molecule has 2 heterocycles. The summed E-state index contributed by atoms with van der Waals surface area (Å²) >= 11 is 0. The number of anilines is 3. The van der Waals surface area contributed by atoms with Gasteiger partial charge in [0.15, 0.2) is 0 Å². The lowest BCUT2D eigenvalue weighted by atomic mass is 10.1. The number of nitrogens with zero attached hydrogens (tertiary/aromatic N) is 3. The number of halogens is 1. The Balaban J connectivity index is 1.63. The van der Waals surface area contributed by atoms with Gasteiger partial charge in [0.2, 0.25) is 0 Å². The van der Waals surface area contributed by atoms with E-state index in [1.165, 1.54) is 24.3 Å². The maximum Gasteiger partial charge on any atom is 0.270 e. The minimum Gasteiger partial charge on any atom is -0.371 e. The van der Waals surface area contributed by atoms with Gasteiger partial charge in [-0.1, -0.05) is 0 Å². The van der Waals surface area contributed by atoms with Crippen molar-refractivity contribution in [1.29, 1.82) is 0 Å². The van der Waals surface area contributed by atoms with Gasteiger partial charge in [-0.25, -0.2) is 4.39 Å². The highest BCUT2D eigenvalue weighted by atomic mass is 19.1. The molecule has 0 bridgehead atoms. The van der Waals surface area contributed by atoms with Crippen molar-refractivity contribution in [2.45, 2.75) is 32.1 Å². The number of hydrogen-bond donors (Lipinski definition) is 1. The molecule has 1 amide bonds. The van der Waals surface area contributed by atoms with Gasteiger partial charge in [0, 0.05) is 49.7 Å². The van der Waals surface area contributed by atoms with Crippen LogP contribution in [0.5, 0.6) is 0 Å². The Kier molecular flexibility index (Phi) is 5.83. The molecular formula is C22H25FN4O3. The fraction of sp³-hybridized carbons (Fsp3) is 0.409. The molecule has 0 radical (unpaired) electrons. The molecule has 2 aliphatic rings. The predicted octanol–water partition coefficient (Wildman–Crippen LogP) is 4.58. The van der Waals surface area contributed by atoms with Crippen LogP contribution in [0.4, 0.5) is 27.1 Å². The third kappa shape index (κ3) is 4.37. The number of non-ortho nitro benzene ring substituents is 1. The first kappa shape index (κ1) is 20.1. The molecule has 2 fully saturated rings. The summed E-state index contributed by atoms with van der Waals surface area (Å²) in [5.41, 5.74) is 1.85. The number of nitrogens with one attached hydrogen (secondary N) is 1. The van der Waals surface area contributed by atoms with Crippen molar-refractivity contribution < 1.29 is 14.1 Å². The molecule has 1 N–H and O–H groups in total. The summed E-state index contributed by atoms with van der Waals surface area (Å²) in [5, 5.41) is 14.0. The summed E-state index contributed by atoms with van der Waals surface area (Å²) in [6.45, 7) is 3.33. The van der Waals surface area contributed by atoms with Gasteiger partial charge in [0.05, 0.1) is 16.2 Å². The van der Waals surface area contributed by atoms with E-state index in [9.17, 15) is 19.3 Å². The number of benzene rings is 2. The lowest BCUT2D eigenvalue weighted by Gasteiger charge is -2.30. The Morgan fingerprint density at radius 1 is 0.933 bits per heavy atom. The monoisotopic (exact) mass is 412 g/mol. The quantitative estimate of drug-likeness (QED) is 0.575. The van der Waals surface area contributed by atoms with Crippen LogP contribution < -0.4 is 15.1 Å². The lowest BCUT2D eigenvalue weighted by molar-refractivity contribution is -0.384. The first-order valence-corrected chi connectivity index (χ1v) is 10.4. The van der Waals surface area contributed by atoms with Crippen LogP contribution in [-0.4, -0.2) is 37.0 Å². The van der Waals surface area contributed by atoms with Gasteiger partial charge >= 0.3 is 0 Å². The number of carbonyl (C=O) groups excluding carboxylic acids is 1. The van der Waals surface area contributed by atoms with Crippen LogP contribution in [0.25, 0.3) is 0 Å². The van der Waals surface area contributed by atoms with E-state index in [0.29, 0.717) is 11.4 Å². The summed E-state index contributed by atoms with van der Waals surface area (Å²) in [6.07, 6.45) is 5.28. The van der Waals surface area contributed by atoms with Crippen molar-refractivity contribution in [2.24, 2.45) is 0 Å². The molecule has 7 nitrogen and oxygen atoms in total. The third-order valence-corrected chi connectivity index (χ3v) is 5.74. The van der Waals surface area contributed by atoms with Gasteiger partial charge in [0.25, 0.3) is 11.6 Å². The number of nitro groups is 1. The zero-order chi connectivity index (χ0) is 21.1. The Labute approximate surface area is 174 Å². The average Bonchev–Trinajstić information content (AvgIpc) is 3.28. The zero-order valence-electron chi connectivity index (χ0n) is 16.8. The molecular weight excluding hydrogens is 387 g/mol. The van der Waals surface area contributed by atoms with Crippen LogP contribution in [0.3, 0.4) is 0 Å². The first-order chi connectivity index (χ1) is 14.5. The van der Waals surface area contributed by atoms with E-state index in [1.807, 2.05) is 0 Å². The Morgan fingerprint density at radius 3 is 2.30 bits per heavy atom. The number of piperidine rings is 1. The molecule has 0 saturated carbocycles. The molecule has 30 heavy (non-hydrogen) atoms. The fourth-order valence-corrected chi connectivity index (χ4v) is 4.23. The van der Waals surface area contributed by atoms with Crippen LogP contribution in [-0.2, 0) is 0 Å². The molecule has 0 aromatic heterocycles. The number of nitro benzene ring substituents is 1. The molecule has 0 unspecified atom stereocenters.